The molecule has 24 rings (SSSR count). The summed E-state index contributed by atoms with van der Waals surface area (Å²) in [6, 6.07) is 9.18. The van der Waals surface area contributed by atoms with Crippen molar-refractivity contribution in [2.75, 3.05) is 98.6 Å². The molecule has 10 amide bonds. The Bertz CT molecular complexity index is 6610. The molecule has 7 aromatic rings. The number of rotatable bonds is 24. The zero-order valence-corrected chi connectivity index (χ0v) is 87.8. The Hall–Kier alpha value is -9.71. The standard InChI is InChI=1S/C22H31N3O3S.C21H27N5O3S.C21H25N5O3S.C21H29N3O3S.C20H29N3O3S/c1-22(2)10-9-19(22)25-12-16(13-25)29(27,28)24-21(26)23-20-17-7-3-5-14(17)11-15-6-4-8-18(15)20;1-25-9-8-22-19(25)13-26-11-16(12-26)30(28,29)24-21(27)23-20-17-6-2-4-14(17)10-15-5-3-7-18(15)20;27-21(24-20-18-5-1-3-15(18)7-16-4-2-6-19(16)20)25-30(28,29)17-11-26(12-17)10-14-8-22-13-23-9-14;25-21(23-28(26,27)17-12-24(13-17)11-14-4-1-5-14)22-20-18-8-2-6-15(18)10-16-7-3-9-19(16)20;1-3-13(2)23-11-16(12-23)27(25,26)22-20(24)21-19-17-8-4-6-14(17)10-15-7-5-9-18(15)19/h11,16,19H,3-10,12-13H2,1-2H3,(H2,23,24,26);8-10,16H,2-7,11-13H2,1H3,(H2,23,24,27);7-9,13,17H,1-6,10-12H2,(H2,24,25,27);10,14,17H,1-9,11-13H2,(H2,22,23,25);10,13,16H,3-9,11-12H2,1-2H3,(H2,21,22,24). The molecule has 12 aliphatic carbocycles. The van der Waals surface area contributed by atoms with E-state index in [1.807, 2.05) is 27.6 Å². The lowest BCUT2D eigenvalue weighted by molar-refractivity contribution is -0.0315. The molecule has 5 aromatic carbocycles. The summed E-state index contributed by atoms with van der Waals surface area (Å²) in [5.41, 5.74) is 30.7. The predicted octanol–water partition coefficient (Wildman–Crippen LogP) is 11.7. The fraction of sp³-hybridized carbons (Fsp3) is 0.600. The Kier molecular flexibility index (Phi) is 29.5. The molecule has 0 spiro atoms. The summed E-state index contributed by atoms with van der Waals surface area (Å²) in [6.45, 7) is 15.5. The molecule has 17 aliphatic rings. The van der Waals surface area contributed by atoms with Crippen LogP contribution in [0.25, 0.3) is 0 Å². The first-order chi connectivity index (χ1) is 69.0. The third-order valence-corrected chi connectivity index (χ3v) is 42.3. The van der Waals surface area contributed by atoms with Gasteiger partial charge in [0.25, 0.3) is 0 Å². The van der Waals surface area contributed by atoms with Gasteiger partial charge in [-0.2, -0.15) is 0 Å². The molecule has 34 nitrogen and oxygen atoms in total. The second kappa shape index (κ2) is 41.8. The maximum atomic E-state index is 12.7. The summed E-state index contributed by atoms with van der Waals surface area (Å²) in [6.07, 6.45) is 46.5. The summed E-state index contributed by atoms with van der Waals surface area (Å²) in [7, 11) is -16.5. The molecular weight excluding hydrogens is 1930 g/mol. The van der Waals surface area contributed by atoms with Crippen molar-refractivity contribution >= 4 is 109 Å². The van der Waals surface area contributed by atoms with Crippen LogP contribution in [0.15, 0.2) is 61.4 Å². The molecule has 7 heterocycles. The molecule has 10 N–H and O–H groups in total. The minimum absolute atomic E-state index is 0.271. The van der Waals surface area contributed by atoms with Crippen LogP contribution in [0, 0.1) is 11.3 Å². The lowest BCUT2D eigenvalue weighted by Gasteiger charge is -2.55. The van der Waals surface area contributed by atoms with Crippen LogP contribution < -0.4 is 50.2 Å². The van der Waals surface area contributed by atoms with E-state index in [1.165, 1.54) is 143 Å². The highest BCUT2D eigenvalue weighted by Crippen LogP contribution is 2.48. The average molecular weight is 2070 g/mol. The van der Waals surface area contributed by atoms with Crippen molar-refractivity contribution < 1.29 is 66.1 Å². The number of imidazole rings is 1. The number of likely N-dealkylation sites (tertiary alicyclic amines) is 5. The van der Waals surface area contributed by atoms with Crippen molar-refractivity contribution in [1.29, 1.82) is 0 Å². The van der Waals surface area contributed by atoms with Crippen LogP contribution in [-0.4, -0.2) is 227 Å². The molecule has 2 saturated carbocycles. The van der Waals surface area contributed by atoms with Gasteiger partial charge in [0.2, 0.25) is 50.1 Å². The van der Waals surface area contributed by atoms with Gasteiger partial charge in [0, 0.05) is 156 Å². The number of carbonyl (C=O) groups excluding carboxylic acids is 5. The van der Waals surface area contributed by atoms with Gasteiger partial charge in [-0.05, 0) is 354 Å². The van der Waals surface area contributed by atoms with Gasteiger partial charge in [-0.1, -0.05) is 57.5 Å². The van der Waals surface area contributed by atoms with E-state index in [-0.39, 0.29) is 5.41 Å². The van der Waals surface area contributed by atoms with Gasteiger partial charge in [0.1, 0.15) is 38.4 Å². The Labute approximate surface area is 848 Å². The molecule has 776 valence electrons. The molecule has 0 bridgehead atoms. The smallest absolute Gasteiger partial charge is 0.332 e. The van der Waals surface area contributed by atoms with E-state index in [1.54, 1.807) is 18.6 Å². The third kappa shape index (κ3) is 21.8. The lowest BCUT2D eigenvalue weighted by atomic mass is 9.66. The van der Waals surface area contributed by atoms with Gasteiger partial charge in [0.15, 0.2) is 0 Å². The van der Waals surface area contributed by atoms with Crippen molar-refractivity contribution in [3.05, 3.63) is 184 Å². The predicted molar refractivity (Wildman–Crippen MR) is 556 cm³/mol. The van der Waals surface area contributed by atoms with Crippen molar-refractivity contribution in [2.24, 2.45) is 18.4 Å². The second-order valence-electron chi connectivity index (χ2n) is 44.1. The number of hydrogen-bond donors (Lipinski definition) is 10. The molecule has 144 heavy (non-hydrogen) atoms. The van der Waals surface area contributed by atoms with Crippen molar-refractivity contribution in [3.8, 4) is 0 Å². The summed E-state index contributed by atoms with van der Waals surface area (Å²) in [4.78, 5) is 85.8. The largest absolute Gasteiger partial charge is 0.337 e. The molecule has 2 atom stereocenters. The molecule has 7 fully saturated rings. The Morgan fingerprint density at radius 2 is 0.646 bits per heavy atom. The number of anilines is 5. The van der Waals surface area contributed by atoms with Crippen molar-refractivity contribution in [1.82, 2.24) is 67.6 Å². The van der Waals surface area contributed by atoms with Gasteiger partial charge in [-0.25, -0.2) is 105 Å². The number of nitrogens with one attached hydrogen (secondary N) is 10. The molecule has 0 radical (unpaired) electrons. The minimum Gasteiger partial charge on any atom is -0.337 e. The Morgan fingerprint density at radius 3 is 0.896 bits per heavy atom. The van der Waals surface area contributed by atoms with Gasteiger partial charge in [-0.3, -0.25) is 19.6 Å². The van der Waals surface area contributed by atoms with E-state index in [4.69, 9.17) is 0 Å². The first-order valence-corrected chi connectivity index (χ1v) is 60.6. The minimum atomic E-state index is -3.73. The SMILES string of the molecule is CC1(C)CCC1N1CC(S(=O)(=O)NC(=O)Nc2c3c(cc4c2CCC4)CCC3)C1.CCC(C)N1CC(S(=O)(=O)NC(=O)Nc2c3c(cc4c2CCC4)CCC3)C1.Cn1ccnc1CN1CC(S(=O)(=O)NC(=O)Nc2c3c(cc4c2CCC4)CCC3)C1.O=C(Nc1c2c(cc3c1CCC3)CCC2)NS(=O)(=O)C1CN(CC2CCC2)C1.O=C(Nc1c2c(cc3c1CCC3)CCC2)NS(=O)(=O)C1CN(Cc2cncnc2)C1. The topological polar surface area (TPSA) is 436 Å². The van der Waals surface area contributed by atoms with Crippen LogP contribution in [0.4, 0.5) is 52.4 Å². The summed E-state index contributed by atoms with van der Waals surface area (Å²) in [5.74, 6) is 1.63. The van der Waals surface area contributed by atoms with Crippen LogP contribution in [0.3, 0.4) is 0 Å². The van der Waals surface area contributed by atoms with Crippen LogP contribution in [-0.2, 0) is 199 Å². The number of nitrogens with zero attached hydrogens (tertiary/aromatic N) is 9. The van der Waals surface area contributed by atoms with Gasteiger partial charge >= 0.3 is 30.2 Å². The van der Waals surface area contributed by atoms with Gasteiger partial charge in [0.05, 0.1) is 6.54 Å². The molecular formula is C105H141N19O15S5. The van der Waals surface area contributed by atoms with Crippen LogP contribution in [0.1, 0.15) is 253 Å². The number of urea groups is 5. The average Bonchev–Trinajstić information content (AvgIpc) is 1.47. The monoisotopic (exact) mass is 2070 g/mol. The van der Waals surface area contributed by atoms with Gasteiger partial charge in [-0.15, -0.1) is 0 Å². The highest BCUT2D eigenvalue weighted by atomic mass is 32.2. The first-order valence-electron chi connectivity index (χ1n) is 52.8. The van der Waals surface area contributed by atoms with Gasteiger partial charge < -0.3 is 36.1 Å². The highest BCUT2D eigenvalue weighted by molar-refractivity contribution is 7.92. The summed E-state index contributed by atoms with van der Waals surface area (Å²) in [5, 5.41) is 11.9. The van der Waals surface area contributed by atoms with E-state index in [0.717, 1.165) is 258 Å². The van der Waals surface area contributed by atoms with Crippen LogP contribution >= 0.6 is 0 Å². The van der Waals surface area contributed by atoms with E-state index in [0.29, 0.717) is 90.6 Å². The number of hydrogen-bond acceptors (Lipinski definition) is 23. The Balaban J connectivity index is 0.000000110. The quantitative estimate of drug-likeness (QED) is 0.0269. The fourth-order valence-corrected chi connectivity index (χ4v) is 31.7. The van der Waals surface area contributed by atoms with E-state index in [9.17, 15) is 66.1 Å². The molecule has 5 aliphatic heterocycles. The van der Waals surface area contributed by atoms with E-state index < -0.39 is 107 Å². The Morgan fingerprint density at radius 1 is 0.368 bits per heavy atom. The number of fused-ring (bicyclic) bond motifs is 10. The highest BCUT2D eigenvalue weighted by Gasteiger charge is 2.51. The van der Waals surface area contributed by atoms with E-state index in [2.05, 4.69) is 138 Å². The summed E-state index contributed by atoms with van der Waals surface area (Å²) >= 11 is 0. The van der Waals surface area contributed by atoms with Crippen LogP contribution in [0.2, 0.25) is 0 Å². The lowest BCUT2D eigenvalue weighted by Crippen LogP contribution is -2.66. The third-order valence-electron chi connectivity index (χ3n) is 34.1. The van der Waals surface area contributed by atoms with Crippen molar-refractivity contribution in [2.45, 2.75) is 310 Å². The number of sulfonamides is 5. The first kappa shape index (κ1) is 102. The maximum Gasteiger partial charge on any atom is 0.332 e. The number of aryl methyl sites for hydroxylation is 11. The molecule has 2 aromatic heterocycles. The number of amides is 10. The zero-order valence-electron chi connectivity index (χ0n) is 83.7. The number of aromatic nitrogens is 4. The van der Waals surface area contributed by atoms with Crippen LogP contribution in [0.5, 0.6) is 0 Å². The zero-order chi connectivity index (χ0) is 100. The maximum absolute atomic E-state index is 12.7. The molecule has 39 heteroatoms. The normalized spacial score (nSPS) is 21.1. The number of carbonyl (C=O) groups is 5. The molecule has 5 saturated heterocycles. The molecule has 2 unspecified atom stereocenters. The van der Waals surface area contributed by atoms with E-state index >= 15 is 0 Å². The number of benzene rings is 5. The summed E-state index contributed by atoms with van der Waals surface area (Å²) < 4.78 is 140. The van der Waals surface area contributed by atoms with Crippen molar-refractivity contribution in [3.63, 3.8) is 0 Å². The second-order valence-corrected chi connectivity index (χ2v) is 53.9. The fourth-order valence-electron chi connectivity index (χ4n) is 25.3.